The zero-order valence-electron chi connectivity index (χ0n) is 31.6. The molecule has 2 aliphatic heterocycles. The summed E-state index contributed by atoms with van der Waals surface area (Å²) in [7, 11) is 0. The maximum atomic E-state index is 10.6. The molecule has 0 fully saturated rings. The van der Waals surface area contributed by atoms with Crippen LogP contribution in [-0.4, -0.2) is 12.8 Å². The van der Waals surface area contributed by atoms with E-state index in [-0.39, 0.29) is 18.7 Å². The summed E-state index contributed by atoms with van der Waals surface area (Å²) in [6, 6.07) is 34.4. The summed E-state index contributed by atoms with van der Waals surface area (Å²) in [6.07, 6.45) is 24.2. The molecule has 3 unspecified atom stereocenters. The van der Waals surface area contributed by atoms with E-state index in [1.54, 1.807) is 0 Å². The van der Waals surface area contributed by atoms with Crippen molar-refractivity contribution in [3.8, 4) is 28.3 Å². The fourth-order valence-corrected chi connectivity index (χ4v) is 11.0. The molecule has 0 N–H and O–H groups in total. The lowest BCUT2D eigenvalue weighted by Crippen LogP contribution is -2.58. The highest BCUT2D eigenvalue weighted by Crippen LogP contribution is 2.51. The number of nitriles is 1. The minimum atomic E-state index is 0.0413. The smallest absolute Gasteiger partial charge is 0.247 e. The first-order chi connectivity index (χ1) is 27.0. The van der Waals surface area contributed by atoms with Crippen molar-refractivity contribution in [1.82, 2.24) is 0 Å². The molecule has 262 valence electrons. The lowest BCUT2D eigenvalue weighted by Gasteiger charge is -2.48. The molecule has 55 heavy (non-hydrogen) atoms. The lowest BCUT2D eigenvalue weighted by molar-refractivity contribution is 0.583. The third-order valence-corrected chi connectivity index (χ3v) is 13.3. The van der Waals surface area contributed by atoms with Gasteiger partial charge in [-0.05, 0) is 129 Å². The SMILES string of the molecule is CC1=CC=C2B3c4cc5c(-c6ccccc6)c6c(c(-c7ccccc7)c5cc4N(C4C(C)=CC=CC4C)c4cc(C#N)cc(c43)C3=C2C1CC=C3)CCC=C6. The van der Waals surface area contributed by atoms with Crippen LogP contribution < -0.4 is 15.8 Å². The molecule has 3 heteroatoms. The van der Waals surface area contributed by atoms with Crippen molar-refractivity contribution >= 4 is 51.4 Å². The van der Waals surface area contributed by atoms with E-state index in [2.05, 4.69) is 171 Å². The molecule has 2 heterocycles. The van der Waals surface area contributed by atoms with Crippen molar-refractivity contribution in [3.63, 3.8) is 0 Å². The Hall–Kier alpha value is -6.11. The van der Waals surface area contributed by atoms with Gasteiger partial charge in [0.25, 0.3) is 0 Å². The number of fused-ring (bicyclic) bond motifs is 6. The van der Waals surface area contributed by atoms with Crippen LogP contribution in [0.1, 0.15) is 55.9 Å². The molecule has 6 aliphatic rings. The maximum Gasteiger partial charge on any atom is 0.247 e. The fourth-order valence-electron chi connectivity index (χ4n) is 11.0. The van der Waals surface area contributed by atoms with E-state index in [1.165, 1.54) is 99.8 Å². The molecular weight excluding hydrogens is 663 g/mol. The van der Waals surface area contributed by atoms with Gasteiger partial charge in [-0.25, -0.2) is 0 Å². The van der Waals surface area contributed by atoms with E-state index in [0.29, 0.717) is 5.92 Å². The number of allylic oxidation sites excluding steroid dienone is 11. The molecule has 0 saturated carbocycles. The van der Waals surface area contributed by atoms with E-state index in [0.717, 1.165) is 24.8 Å². The highest BCUT2D eigenvalue weighted by Gasteiger charge is 2.47. The van der Waals surface area contributed by atoms with E-state index >= 15 is 0 Å². The molecule has 5 aromatic rings. The van der Waals surface area contributed by atoms with E-state index in [4.69, 9.17) is 0 Å². The first-order valence-electron chi connectivity index (χ1n) is 20.0. The van der Waals surface area contributed by atoms with Crippen molar-refractivity contribution in [1.29, 1.82) is 5.26 Å². The van der Waals surface area contributed by atoms with Gasteiger partial charge in [-0.2, -0.15) is 5.26 Å². The van der Waals surface area contributed by atoms with Crippen molar-refractivity contribution < 1.29 is 0 Å². The van der Waals surface area contributed by atoms with Gasteiger partial charge in [-0.1, -0.05) is 145 Å². The van der Waals surface area contributed by atoms with Crippen molar-refractivity contribution in [2.45, 2.75) is 46.1 Å². The van der Waals surface area contributed by atoms with Crippen LogP contribution in [0.3, 0.4) is 0 Å². The summed E-state index contributed by atoms with van der Waals surface area (Å²) < 4.78 is 0. The van der Waals surface area contributed by atoms with Gasteiger partial charge in [-0.15, -0.1) is 0 Å². The Morgan fingerprint density at radius 1 is 0.782 bits per heavy atom. The van der Waals surface area contributed by atoms with Gasteiger partial charge in [0.15, 0.2) is 0 Å². The summed E-state index contributed by atoms with van der Waals surface area (Å²) in [4.78, 5) is 2.64. The van der Waals surface area contributed by atoms with Gasteiger partial charge in [0, 0.05) is 17.3 Å². The van der Waals surface area contributed by atoms with E-state index < -0.39 is 0 Å². The number of benzene rings is 5. The maximum absolute atomic E-state index is 10.6. The van der Waals surface area contributed by atoms with Crippen LogP contribution in [0.4, 0.5) is 11.4 Å². The second-order valence-corrected chi connectivity index (χ2v) is 16.3. The molecule has 0 radical (unpaired) electrons. The number of nitrogens with zero attached hydrogens (tertiary/aromatic N) is 2. The topological polar surface area (TPSA) is 27.0 Å². The molecule has 0 spiro atoms. The quantitative estimate of drug-likeness (QED) is 0.175. The summed E-state index contributed by atoms with van der Waals surface area (Å²) in [5.41, 5.74) is 22.0. The Kier molecular flexibility index (Phi) is 7.18. The highest BCUT2D eigenvalue weighted by atomic mass is 15.2. The molecule has 0 amide bonds. The zero-order valence-corrected chi connectivity index (χ0v) is 31.6. The second-order valence-electron chi connectivity index (χ2n) is 16.3. The predicted molar refractivity (Wildman–Crippen MR) is 232 cm³/mol. The molecule has 11 rings (SSSR count). The summed E-state index contributed by atoms with van der Waals surface area (Å²) in [6.45, 7) is 6.97. The second kappa shape index (κ2) is 12.2. The molecule has 0 saturated heterocycles. The van der Waals surface area contributed by atoms with Crippen molar-refractivity contribution in [2.24, 2.45) is 11.8 Å². The monoisotopic (exact) mass is 704 g/mol. The van der Waals surface area contributed by atoms with Crippen LogP contribution in [0.25, 0.3) is 44.7 Å². The summed E-state index contributed by atoms with van der Waals surface area (Å²) >= 11 is 0. The first kappa shape index (κ1) is 32.3. The van der Waals surface area contributed by atoms with Crippen LogP contribution in [-0.2, 0) is 6.42 Å². The average Bonchev–Trinajstić information content (AvgIpc) is 3.22. The minimum absolute atomic E-state index is 0.0413. The van der Waals surface area contributed by atoms with Crippen molar-refractivity contribution in [3.05, 3.63) is 178 Å². The predicted octanol–water partition coefficient (Wildman–Crippen LogP) is 11.4. The number of hydrogen-bond acceptors (Lipinski definition) is 2. The molecular formula is C52H41BN2. The minimum Gasteiger partial charge on any atom is -0.335 e. The molecule has 3 atom stereocenters. The Morgan fingerprint density at radius 3 is 2.31 bits per heavy atom. The average molecular weight is 705 g/mol. The normalized spacial score (nSPS) is 21.3. The number of rotatable bonds is 3. The van der Waals surface area contributed by atoms with Crippen molar-refractivity contribution in [2.75, 3.05) is 4.90 Å². The van der Waals surface area contributed by atoms with Gasteiger partial charge in [0.05, 0.1) is 17.7 Å². The summed E-state index contributed by atoms with van der Waals surface area (Å²) in [5, 5.41) is 13.2. The largest absolute Gasteiger partial charge is 0.335 e. The van der Waals surface area contributed by atoms with Crippen LogP contribution in [0.5, 0.6) is 0 Å². The lowest BCUT2D eigenvalue weighted by atomic mass is 9.29. The Labute approximate surface area is 324 Å². The highest BCUT2D eigenvalue weighted by molar-refractivity contribution is 6.95. The summed E-state index contributed by atoms with van der Waals surface area (Å²) in [5.74, 6) is 0.616. The zero-order chi connectivity index (χ0) is 36.9. The van der Waals surface area contributed by atoms with Crippen LogP contribution in [0.2, 0.25) is 0 Å². The van der Waals surface area contributed by atoms with Crippen LogP contribution >= 0.6 is 0 Å². The van der Waals surface area contributed by atoms with Gasteiger partial charge < -0.3 is 4.90 Å². The molecule has 0 aromatic heterocycles. The Morgan fingerprint density at radius 2 is 1.55 bits per heavy atom. The van der Waals surface area contributed by atoms with E-state index in [1.807, 2.05) is 0 Å². The van der Waals surface area contributed by atoms with Gasteiger partial charge in [0.1, 0.15) is 0 Å². The number of hydrogen-bond donors (Lipinski definition) is 0. The molecule has 0 bridgehead atoms. The molecule has 5 aromatic carbocycles. The molecule has 4 aliphatic carbocycles. The van der Waals surface area contributed by atoms with Gasteiger partial charge in [-0.3, -0.25) is 0 Å². The third-order valence-electron chi connectivity index (χ3n) is 13.3. The van der Waals surface area contributed by atoms with Gasteiger partial charge >= 0.3 is 0 Å². The molecule has 2 nitrogen and oxygen atoms in total. The number of anilines is 2. The van der Waals surface area contributed by atoms with E-state index in [9.17, 15) is 5.26 Å². The van der Waals surface area contributed by atoms with Gasteiger partial charge in [0.2, 0.25) is 6.71 Å². The Balaban J connectivity index is 1.33. The third kappa shape index (κ3) is 4.61. The Bertz CT molecular complexity index is 2780. The van der Waals surface area contributed by atoms with Crippen LogP contribution in [0, 0.1) is 23.2 Å². The fraction of sp³-hybridized carbons (Fsp3) is 0.173. The standard InChI is InChI=1S/C52H41BN2/c1-31-24-25-44-50-37(31)22-13-23-40(50)43-26-34(30-54)27-47-51(43)53(44)45-28-41-42(29-46(45)55(47)52-32(2)14-12-15-33(52)3)49(36-18-8-5-9-19-36)39-21-11-10-20-38(39)48(41)35-16-6-4-7-17-35/h4-10,12-20,23-29,32,37,52H,11,21-22H2,1-3H3. The first-order valence-corrected chi connectivity index (χ1v) is 20.0. The van der Waals surface area contributed by atoms with Crippen LogP contribution in [0.15, 0.2) is 156 Å².